The zero-order valence-corrected chi connectivity index (χ0v) is 14.3. The normalized spacial score (nSPS) is 24.2. The van der Waals surface area contributed by atoms with Crippen molar-refractivity contribution in [1.82, 2.24) is 0 Å². The molecule has 0 spiro atoms. The van der Waals surface area contributed by atoms with Gasteiger partial charge >= 0.3 is 0 Å². The number of carbonyl (C=O) groups excluding carboxylic acids is 1. The molecule has 0 aliphatic heterocycles. The van der Waals surface area contributed by atoms with Crippen LogP contribution in [-0.4, -0.2) is 18.1 Å². The van der Waals surface area contributed by atoms with Gasteiger partial charge in [0.15, 0.2) is 0 Å². The largest absolute Gasteiger partial charge is 0.490 e. The van der Waals surface area contributed by atoms with Crippen LogP contribution in [0.15, 0.2) is 24.3 Å². The van der Waals surface area contributed by atoms with Gasteiger partial charge in [-0.2, -0.15) is 0 Å². The lowest BCUT2D eigenvalue weighted by atomic mass is 10.00. The van der Waals surface area contributed by atoms with Crippen molar-refractivity contribution in [2.75, 3.05) is 5.32 Å². The Morgan fingerprint density at radius 2 is 1.96 bits per heavy atom. The molecule has 2 atom stereocenters. The fraction of sp³-hybridized carbons (Fsp3) is 0.611. The van der Waals surface area contributed by atoms with E-state index < -0.39 is 0 Å². The van der Waals surface area contributed by atoms with Crippen molar-refractivity contribution in [2.24, 2.45) is 11.7 Å². The number of benzene rings is 1. The van der Waals surface area contributed by atoms with Gasteiger partial charge in [0.2, 0.25) is 5.91 Å². The molecule has 5 heteroatoms. The Hall–Kier alpha value is -1.26. The third kappa shape index (κ3) is 5.11. The van der Waals surface area contributed by atoms with E-state index in [4.69, 9.17) is 10.5 Å². The highest BCUT2D eigenvalue weighted by molar-refractivity contribution is 5.91. The lowest BCUT2D eigenvalue weighted by Crippen LogP contribution is -2.28. The molecule has 0 aromatic heterocycles. The SMILES string of the molecule is Cl.N[C@@H]1CCC[C@H]1CC(=O)Nc1cccc(OC2CCCC2)c1. The second-order valence-electron chi connectivity index (χ2n) is 6.66. The van der Waals surface area contributed by atoms with Gasteiger partial charge in [-0.05, 0) is 56.6 Å². The molecule has 2 fully saturated rings. The standard InChI is InChI=1S/C18H26N2O2.ClH/c19-17-10-3-5-13(17)11-18(21)20-14-6-4-9-16(12-14)22-15-7-1-2-8-15;/h4,6,9,12-13,15,17H,1-3,5,7-8,10-11,19H2,(H,20,21);1H/t13-,17+;/m0./s1. The third-order valence-electron chi connectivity index (χ3n) is 4.89. The van der Waals surface area contributed by atoms with Crippen molar-refractivity contribution in [2.45, 2.75) is 63.5 Å². The zero-order valence-electron chi connectivity index (χ0n) is 13.5. The van der Waals surface area contributed by atoms with Crippen molar-refractivity contribution in [3.05, 3.63) is 24.3 Å². The van der Waals surface area contributed by atoms with E-state index >= 15 is 0 Å². The molecule has 0 unspecified atom stereocenters. The molecule has 4 nitrogen and oxygen atoms in total. The van der Waals surface area contributed by atoms with Gasteiger partial charge in [-0.3, -0.25) is 4.79 Å². The highest BCUT2D eigenvalue weighted by Gasteiger charge is 2.26. The maximum Gasteiger partial charge on any atom is 0.224 e. The monoisotopic (exact) mass is 338 g/mol. The number of carbonyl (C=O) groups is 1. The second-order valence-corrected chi connectivity index (χ2v) is 6.66. The molecule has 1 amide bonds. The van der Waals surface area contributed by atoms with Crippen LogP contribution < -0.4 is 15.8 Å². The zero-order chi connectivity index (χ0) is 15.4. The Kier molecular flexibility index (Phi) is 6.72. The van der Waals surface area contributed by atoms with Crippen LogP contribution in [0.3, 0.4) is 0 Å². The molecule has 0 saturated heterocycles. The molecule has 23 heavy (non-hydrogen) atoms. The molecular formula is C18H27ClN2O2. The van der Waals surface area contributed by atoms with E-state index in [0.29, 0.717) is 18.4 Å². The van der Waals surface area contributed by atoms with Crippen LogP contribution in [0.2, 0.25) is 0 Å². The topological polar surface area (TPSA) is 64.4 Å². The predicted octanol–water partition coefficient (Wildman–Crippen LogP) is 3.89. The minimum Gasteiger partial charge on any atom is -0.490 e. The third-order valence-corrected chi connectivity index (χ3v) is 4.89. The van der Waals surface area contributed by atoms with Gasteiger partial charge in [-0.15, -0.1) is 12.4 Å². The number of nitrogens with two attached hydrogens (primary N) is 1. The lowest BCUT2D eigenvalue weighted by Gasteiger charge is -2.16. The van der Waals surface area contributed by atoms with E-state index in [2.05, 4.69) is 5.32 Å². The fourth-order valence-electron chi connectivity index (χ4n) is 3.61. The molecule has 3 N–H and O–H groups in total. The van der Waals surface area contributed by atoms with Crippen LogP contribution in [0.25, 0.3) is 0 Å². The Labute approximate surface area is 144 Å². The molecule has 1 aromatic carbocycles. The first-order chi connectivity index (χ1) is 10.7. The number of nitrogens with one attached hydrogen (secondary N) is 1. The minimum atomic E-state index is 0. The maximum atomic E-state index is 12.2. The quantitative estimate of drug-likeness (QED) is 0.856. The Morgan fingerprint density at radius 3 is 2.65 bits per heavy atom. The molecule has 0 bridgehead atoms. The van der Waals surface area contributed by atoms with Gasteiger partial charge in [-0.25, -0.2) is 0 Å². The summed E-state index contributed by atoms with van der Waals surface area (Å²) in [7, 11) is 0. The summed E-state index contributed by atoms with van der Waals surface area (Å²) in [6.45, 7) is 0. The van der Waals surface area contributed by atoms with Crippen LogP contribution in [-0.2, 0) is 4.79 Å². The minimum absolute atomic E-state index is 0. The van der Waals surface area contributed by atoms with Crippen LogP contribution in [0.5, 0.6) is 5.75 Å². The van der Waals surface area contributed by atoms with Crippen LogP contribution >= 0.6 is 12.4 Å². The smallest absolute Gasteiger partial charge is 0.224 e. The first-order valence-electron chi connectivity index (χ1n) is 8.53. The number of ether oxygens (including phenoxy) is 1. The average molecular weight is 339 g/mol. The molecule has 0 heterocycles. The Balaban J connectivity index is 0.00000192. The summed E-state index contributed by atoms with van der Waals surface area (Å²) < 4.78 is 5.98. The van der Waals surface area contributed by atoms with Crippen molar-refractivity contribution in [1.29, 1.82) is 0 Å². The number of amides is 1. The summed E-state index contributed by atoms with van der Waals surface area (Å²) in [4.78, 5) is 12.2. The summed E-state index contributed by atoms with van der Waals surface area (Å²) in [5.74, 6) is 1.24. The molecule has 1 aromatic rings. The average Bonchev–Trinajstić information content (AvgIpc) is 3.12. The van der Waals surface area contributed by atoms with E-state index in [9.17, 15) is 4.79 Å². The van der Waals surface area contributed by atoms with E-state index in [1.54, 1.807) is 0 Å². The summed E-state index contributed by atoms with van der Waals surface area (Å²) in [5, 5.41) is 2.98. The molecule has 128 valence electrons. The summed E-state index contributed by atoms with van der Waals surface area (Å²) in [5.41, 5.74) is 6.85. The molecule has 2 saturated carbocycles. The Morgan fingerprint density at radius 1 is 1.17 bits per heavy atom. The fourth-order valence-corrected chi connectivity index (χ4v) is 3.61. The number of rotatable bonds is 5. The highest BCUT2D eigenvalue weighted by atomic mass is 35.5. The molecule has 0 radical (unpaired) electrons. The number of hydrogen-bond acceptors (Lipinski definition) is 3. The second kappa shape index (κ2) is 8.55. The van der Waals surface area contributed by atoms with E-state index in [1.165, 1.54) is 12.8 Å². The van der Waals surface area contributed by atoms with Crippen molar-refractivity contribution >= 4 is 24.0 Å². The molecule has 3 rings (SSSR count). The van der Waals surface area contributed by atoms with Crippen molar-refractivity contribution < 1.29 is 9.53 Å². The van der Waals surface area contributed by atoms with Crippen molar-refractivity contribution in [3.63, 3.8) is 0 Å². The van der Waals surface area contributed by atoms with E-state index in [-0.39, 0.29) is 24.4 Å². The van der Waals surface area contributed by atoms with Gasteiger partial charge < -0.3 is 15.8 Å². The number of hydrogen-bond donors (Lipinski definition) is 2. The molecule has 2 aliphatic rings. The number of anilines is 1. The first kappa shape index (κ1) is 18.1. The lowest BCUT2D eigenvalue weighted by molar-refractivity contribution is -0.117. The maximum absolute atomic E-state index is 12.2. The summed E-state index contributed by atoms with van der Waals surface area (Å²) >= 11 is 0. The Bertz CT molecular complexity index is 517. The van der Waals surface area contributed by atoms with Crippen LogP contribution in [0.4, 0.5) is 5.69 Å². The van der Waals surface area contributed by atoms with Crippen LogP contribution in [0.1, 0.15) is 51.4 Å². The van der Waals surface area contributed by atoms with Crippen molar-refractivity contribution in [3.8, 4) is 5.75 Å². The van der Waals surface area contributed by atoms with Gasteiger partial charge in [0.25, 0.3) is 0 Å². The van der Waals surface area contributed by atoms with Gasteiger partial charge in [0, 0.05) is 24.2 Å². The summed E-state index contributed by atoms with van der Waals surface area (Å²) in [6.07, 6.45) is 8.89. The first-order valence-corrected chi connectivity index (χ1v) is 8.53. The van der Waals surface area contributed by atoms with Gasteiger partial charge in [-0.1, -0.05) is 12.5 Å². The predicted molar refractivity (Wildman–Crippen MR) is 95.1 cm³/mol. The molecule has 2 aliphatic carbocycles. The van der Waals surface area contributed by atoms with Crippen LogP contribution in [0, 0.1) is 5.92 Å². The van der Waals surface area contributed by atoms with E-state index in [1.807, 2.05) is 24.3 Å². The van der Waals surface area contributed by atoms with Gasteiger partial charge in [0.1, 0.15) is 5.75 Å². The number of halogens is 1. The summed E-state index contributed by atoms with van der Waals surface area (Å²) in [6, 6.07) is 7.91. The van der Waals surface area contributed by atoms with Gasteiger partial charge in [0.05, 0.1) is 6.10 Å². The van der Waals surface area contributed by atoms with E-state index in [0.717, 1.165) is 43.5 Å². The molecular weight excluding hydrogens is 312 g/mol. The highest BCUT2D eigenvalue weighted by Crippen LogP contribution is 2.28.